The second kappa shape index (κ2) is 9.53. The summed E-state index contributed by atoms with van der Waals surface area (Å²) in [5.74, 6) is 1.18. The van der Waals surface area contributed by atoms with Crippen LogP contribution in [0, 0.1) is 0 Å². The van der Waals surface area contributed by atoms with Gasteiger partial charge in [0, 0.05) is 5.56 Å². The number of imidazole rings is 2. The van der Waals surface area contributed by atoms with Gasteiger partial charge in [-0.25, -0.2) is 9.55 Å². The number of rotatable bonds is 4. The highest BCUT2D eigenvalue weighted by molar-refractivity contribution is 5.96. The molecular weight excluding hydrogens is 439 g/mol. The fourth-order valence-electron chi connectivity index (χ4n) is 5.19. The van der Waals surface area contributed by atoms with Crippen LogP contribution in [0.25, 0.3) is 38.8 Å². The van der Waals surface area contributed by atoms with Gasteiger partial charge in [-0.2, -0.15) is 4.40 Å². The van der Waals surface area contributed by atoms with Crippen LogP contribution in [0.2, 0.25) is 0 Å². The molecule has 0 aliphatic carbocycles. The van der Waals surface area contributed by atoms with Gasteiger partial charge >= 0.3 is 5.78 Å². The van der Waals surface area contributed by atoms with Crippen molar-refractivity contribution in [2.75, 3.05) is 19.6 Å². The van der Waals surface area contributed by atoms with E-state index in [1.54, 1.807) is 4.90 Å². The Hall–Kier alpha value is -2.53. The fraction of sp³-hybridized carbons (Fsp3) is 0.269. The molecule has 6 rings (SSSR count). The van der Waals surface area contributed by atoms with Gasteiger partial charge in [0.2, 0.25) is 0 Å². The summed E-state index contributed by atoms with van der Waals surface area (Å²) in [4.78, 5) is 5.51. The number of likely N-dealkylation sites (tertiary alicyclic amines) is 1. The van der Waals surface area contributed by atoms with E-state index in [0.29, 0.717) is 0 Å². The summed E-state index contributed by atoms with van der Waals surface area (Å²) >= 11 is 0. The Labute approximate surface area is 200 Å². The topological polar surface area (TPSA) is 28.5 Å². The Morgan fingerprint density at radius 3 is 2.47 bits per heavy atom. The molecule has 0 saturated carbocycles. The summed E-state index contributed by atoms with van der Waals surface area (Å²) in [6.45, 7) is 4.88. The van der Waals surface area contributed by atoms with E-state index in [-0.39, 0.29) is 24.8 Å². The first-order valence-corrected chi connectivity index (χ1v) is 11.2. The Kier molecular flexibility index (Phi) is 6.75. The molecular formula is C26H28Cl2N4. The van der Waals surface area contributed by atoms with Crippen LogP contribution in [0.15, 0.2) is 72.9 Å². The number of aromatic nitrogens is 3. The van der Waals surface area contributed by atoms with E-state index in [1.165, 1.54) is 77.7 Å². The Morgan fingerprint density at radius 1 is 0.844 bits per heavy atom. The van der Waals surface area contributed by atoms with Crippen molar-refractivity contribution in [3.63, 3.8) is 0 Å². The number of quaternary nitrogens is 1. The number of hydrogen-bond donors (Lipinski definition) is 2. The molecule has 2 N–H and O–H groups in total. The summed E-state index contributed by atoms with van der Waals surface area (Å²) in [7, 11) is 0. The molecule has 0 spiro atoms. The quantitative estimate of drug-likeness (QED) is 0.276. The molecule has 0 bridgehead atoms. The molecule has 1 fully saturated rings. The number of fused-ring (bicyclic) bond motifs is 4. The van der Waals surface area contributed by atoms with Crippen LogP contribution >= 0.6 is 0 Å². The number of para-hydroxylation sites is 2. The van der Waals surface area contributed by atoms with Crippen molar-refractivity contribution in [2.45, 2.75) is 25.8 Å². The highest BCUT2D eigenvalue weighted by Gasteiger charge is 2.23. The summed E-state index contributed by atoms with van der Waals surface area (Å²) in [5, 5.41) is 2.57. The Morgan fingerprint density at radius 2 is 1.59 bits per heavy atom. The first-order chi connectivity index (χ1) is 14.9. The van der Waals surface area contributed by atoms with Crippen LogP contribution < -0.4 is 34.3 Å². The molecule has 3 heterocycles. The zero-order valence-electron chi connectivity index (χ0n) is 18.0. The molecule has 0 atom stereocenters. The third kappa shape index (κ3) is 3.88. The molecule has 32 heavy (non-hydrogen) atoms. The number of nitrogens with one attached hydrogen (secondary N) is 2. The fourth-order valence-corrected chi connectivity index (χ4v) is 5.19. The molecule has 3 aromatic carbocycles. The summed E-state index contributed by atoms with van der Waals surface area (Å²) in [6, 6.07) is 24.0. The van der Waals surface area contributed by atoms with E-state index >= 15 is 0 Å². The molecule has 5 aromatic rings. The number of piperidine rings is 1. The Balaban J connectivity index is 0.00000122. The van der Waals surface area contributed by atoms with Crippen LogP contribution in [0.4, 0.5) is 0 Å². The predicted octanol–water partition coefficient (Wildman–Crippen LogP) is -2.39. The van der Waals surface area contributed by atoms with E-state index in [1.807, 2.05) is 0 Å². The zero-order chi connectivity index (χ0) is 19.9. The molecule has 0 radical (unpaired) electrons. The smallest absolute Gasteiger partial charge is 0.368 e. The maximum atomic E-state index is 3.77. The first-order valence-electron chi connectivity index (χ1n) is 11.2. The third-order valence-corrected chi connectivity index (χ3v) is 6.75. The van der Waals surface area contributed by atoms with E-state index in [0.717, 1.165) is 6.54 Å². The van der Waals surface area contributed by atoms with Crippen molar-refractivity contribution in [1.29, 1.82) is 0 Å². The first kappa shape index (κ1) is 22.7. The van der Waals surface area contributed by atoms with Gasteiger partial charge in [0.05, 0.1) is 13.1 Å². The molecule has 166 valence electrons. The van der Waals surface area contributed by atoms with E-state index in [9.17, 15) is 0 Å². The lowest BCUT2D eigenvalue weighted by Crippen LogP contribution is -3.13. The van der Waals surface area contributed by atoms with E-state index in [4.69, 9.17) is 0 Å². The Bertz CT molecular complexity index is 1340. The minimum Gasteiger partial charge on any atom is -1.00 e. The van der Waals surface area contributed by atoms with Gasteiger partial charge in [0.15, 0.2) is 0 Å². The second-order valence-electron chi connectivity index (χ2n) is 8.59. The lowest BCUT2D eigenvalue weighted by Gasteiger charge is -2.22. The van der Waals surface area contributed by atoms with Crippen LogP contribution in [-0.4, -0.2) is 29.0 Å². The van der Waals surface area contributed by atoms with Crippen molar-refractivity contribution >= 4 is 27.6 Å². The van der Waals surface area contributed by atoms with Crippen molar-refractivity contribution in [1.82, 2.24) is 9.38 Å². The molecule has 6 heteroatoms. The monoisotopic (exact) mass is 466 g/mol. The van der Waals surface area contributed by atoms with Gasteiger partial charge in [-0.1, -0.05) is 54.6 Å². The minimum atomic E-state index is 0. The maximum Gasteiger partial charge on any atom is 0.368 e. The van der Waals surface area contributed by atoms with E-state index in [2.05, 4.69) is 86.9 Å². The van der Waals surface area contributed by atoms with Crippen molar-refractivity contribution < 1.29 is 34.3 Å². The molecule has 0 unspecified atom stereocenters. The van der Waals surface area contributed by atoms with Crippen molar-refractivity contribution in [3.05, 3.63) is 72.9 Å². The van der Waals surface area contributed by atoms with Crippen LogP contribution in [0.3, 0.4) is 0 Å². The lowest BCUT2D eigenvalue weighted by molar-refractivity contribution is -0.920. The second-order valence-corrected chi connectivity index (χ2v) is 8.59. The predicted molar refractivity (Wildman–Crippen MR) is 122 cm³/mol. The standard InChI is InChI=1S/C26H26N4.2ClH/c1-6-15-28(16-7-1)17-18-29-24-13-4-5-14-25(24)30-19-23(27-26(29)30)22-12-8-10-20-9-2-3-11-21(20)22;;/h2-5,8-14,19H,1,6-7,15-18H2;2*1H. The molecule has 0 amide bonds. The largest absolute Gasteiger partial charge is 1.00 e. The highest BCUT2D eigenvalue weighted by Crippen LogP contribution is 2.29. The van der Waals surface area contributed by atoms with Crippen LogP contribution in [0.1, 0.15) is 19.3 Å². The number of nitrogens with zero attached hydrogens (tertiary/aromatic N) is 2. The zero-order valence-corrected chi connectivity index (χ0v) is 19.5. The van der Waals surface area contributed by atoms with Gasteiger partial charge in [0.1, 0.15) is 36.0 Å². The number of H-pyrrole nitrogens is 1. The molecule has 1 saturated heterocycles. The molecule has 2 aromatic heterocycles. The van der Waals surface area contributed by atoms with Crippen molar-refractivity contribution in [3.8, 4) is 11.3 Å². The average molecular weight is 467 g/mol. The molecule has 1 aliphatic heterocycles. The minimum absolute atomic E-state index is 0. The third-order valence-electron chi connectivity index (χ3n) is 6.75. The van der Waals surface area contributed by atoms with Crippen LogP contribution in [-0.2, 0) is 6.54 Å². The highest BCUT2D eigenvalue weighted by atomic mass is 35.5. The van der Waals surface area contributed by atoms with Crippen LogP contribution in [0.5, 0.6) is 0 Å². The normalized spacial score (nSPS) is 14.5. The maximum absolute atomic E-state index is 3.77. The van der Waals surface area contributed by atoms with Gasteiger partial charge < -0.3 is 29.7 Å². The average Bonchev–Trinajstić information content (AvgIpc) is 3.36. The molecule has 4 nitrogen and oxygen atoms in total. The number of aromatic amines is 1. The SMILES string of the molecule is [Cl-].[Cl-].c1ccc2c(-c3cn4c5ccccc5[n+](CC[NH+]5CCCCC5)c4[nH]3)cccc2c1. The lowest BCUT2D eigenvalue weighted by atomic mass is 10.0. The summed E-state index contributed by atoms with van der Waals surface area (Å²) in [5.41, 5.74) is 5.01. The summed E-state index contributed by atoms with van der Waals surface area (Å²) < 4.78 is 4.81. The molecule has 1 aliphatic rings. The number of halogens is 2. The summed E-state index contributed by atoms with van der Waals surface area (Å²) in [6.07, 6.45) is 6.42. The van der Waals surface area contributed by atoms with Gasteiger partial charge in [-0.05, 0) is 42.2 Å². The number of benzene rings is 3. The van der Waals surface area contributed by atoms with Gasteiger partial charge in [-0.15, -0.1) is 0 Å². The number of hydrogen-bond acceptors (Lipinski definition) is 0. The van der Waals surface area contributed by atoms with Crippen molar-refractivity contribution in [2.24, 2.45) is 0 Å². The van der Waals surface area contributed by atoms with Gasteiger partial charge in [-0.3, -0.25) is 0 Å². The van der Waals surface area contributed by atoms with Gasteiger partial charge in [0.25, 0.3) is 0 Å². The van der Waals surface area contributed by atoms with E-state index < -0.39 is 0 Å².